The third kappa shape index (κ3) is 4.27. The Balaban J connectivity index is 2.55. The van der Waals surface area contributed by atoms with Crippen LogP contribution in [-0.4, -0.2) is 25.2 Å². The molecule has 0 saturated heterocycles. The molecule has 1 N–H and O–H groups in total. The minimum absolute atomic E-state index is 0.128. The number of esters is 1. The molecule has 0 aliphatic heterocycles. The van der Waals surface area contributed by atoms with Crippen molar-refractivity contribution in [2.45, 2.75) is 65.5 Å². The van der Waals surface area contributed by atoms with Crippen molar-refractivity contribution in [1.29, 1.82) is 0 Å². The van der Waals surface area contributed by atoms with E-state index in [0.717, 1.165) is 11.8 Å². The molecule has 0 aromatic rings. The van der Waals surface area contributed by atoms with E-state index in [1.165, 1.54) is 32.8 Å². The summed E-state index contributed by atoms with van der Waals surface area (Å²) in [4.78, 5) is 11.8. The molecule has 3 nitrogen and oxygen atoms in total. The van der Waals surface area contributed by atoms with Crippen LogP contribution in [0.1, 0.15) is 53.4 Å². The zero-order valence-electron chi connectivity index (χ0n) is 12.5. The van der Waals surface area contributed by atoms with Gasteiger partial charge in [-0.3, -0.25) is 4.79 Å². The van der Waals surface area contributed by atoms with E-state index in [2.05, 4.69) is 33.0 Å². The standard InChI is InChI=1S/C15H29NO2/c1-10(2)12-7-6-8-13(9-12)16-14(11(3)4)15(17)18-5/h10-14,16H,6-9H2,1-5H3. The van der Waals surface area contributed by atoms with Crippen LogP contribution in [0.25, 0.3) is 0 Å². The van der Waals surface area contributed by atoms with E-state index in [-0.39, 0.29) is 17.9 Å². The van der Waals surface area contributed by atoms with Crippen molar-refractivity contribution in [3.8, 4) is 0 Å². The van der Waals surface area contributed by atoms with Crippen molar-refractivity contribution in [3.05, 3.63) is 0 Å². The van der Waals surface area contributed by atoms with Gasteiger partial charge < -0.3 is 10.1 Å². The number of carbonyl (C=O) groups excluding carboxylic acids is 1. The topological polar surface area (TPSA) is 38.3 Å². The molecular formula is C15H29NO2. The summed E-state index contributed by atoms with van der Waals surface area (Å²) in [5.74, 6) is 1.68. The Morgan fingerprint density at radius 3 is 2.39 bits per heavy atom. The fourth-order valence-corrected chi connectivity index (χ4v) is 2.90. The monoisotopic (exact) mass is 255 g/mol. The SMILES string of the molecule is COC(=O)C(NC1CCCC(C(C)C)C1)C(C)C. The molecule has 1 aliphatic rings. The van der Waals surface area contributed by atoms with Crippen molar-refractivity contribution < 1.29 is 9.53 Å². The Morgan fingerprint density at radius 2 is 1.89 bits per heavy atom. The molecule has 3 atom stereocenters. The first-order valence-corrected chi connectivity index (χ1v) is 7.29. The van der Waals surface area contributed by atoms with Crippen LogP contribution in [0, 0.1) is 17.8 Å². The zero-order chi connectivity index (χ0) is 13.7. The second-order valence-electron chi connectivity index (χ2n) is 6.28. The Morgan fingerprint density at radius 1 is 1.22 bits per heavy atom. The van der Waals surface area contributed by atoms with Crippen LogP contribution < -0.4 is 5.32 Å². The van der Waals surface area contributed by atoms with E-state index in [1.807, 2.05) is 0 Å². The van der Waals surface area contributed by atoms with Gasteiger partial charge in [0, 0.05) is 6.04 Å². The van der Waals surface area contributed by atoms with E-state index in [4.69, 9.17) is 4.74 Å². The molecule has 0 bridgehead atoms. The summed E-state index contributed by atoms with van der Waals surface area (Å²) in [5.41, 5.74) is 0. The van der Waals surface area contributed by atoms with Gasteiger partial charge in [0.05, 0.1) is 7.11 Å². The van der Waals surface area contributed by atoms with E-state index in [9.17, 15) is 4.79 Å². The second-order valence-corrected chi connectivity index (χ2v) is 6.28. The Kier molecular flexibility index (Phi) is 6.13. The summed E-state index contributed by atoms with van der Waals surface area (Å²) in [6, 6.07) is 0.309. The van der Waals surface area contributed by atoms with E-state index >= 15 is 0 Å². The van der Waals surface area contributed by atoms with E-state index < -0.39 is 0 Å². The molecule has 0 heterocycles. The van der Waals surface area contributed by atoms with Crippen LogP contribution in [0.2, 0.25) is 0 Å². The highest BCUT2D eigenvalue weighted by molar-refractivity contribution is 5.75. The molecule has 1 rings (SSSR count). The first kappa shape index (κ1) is 15.5. The van der Waals surface area contributed by atoms with Crippen molar-refractivity contribution in [2.75, 3.05) is 7.11 Å². The van der Waals surface area contributed by atoms with Crippen molar-refractivity contribution in [2.24, 2.45) is 17.8 Å². The van der Waals surface area contributed by atoms with Crippen LogP contribution >= 0.6 is 0 Å². The normalized spacial score (nSPS) is 26.4. The van der Waals surface area contributed by atoms with Gasteiger partial charge in [-0.15, -0.1) is 0 Å². The summed E-state index contributed by atoms with van der Waals surface area (Å²) < 4.78 is 4.89. The highest BCUT2D eigenvalue weighted by Crippen LogP contribution is 2.30. The lowest BCUT2D eigenvalue weighted by Gasteiger charge is -2.34. The lowest BCUT2D eigenvalue weighted by atomic mass is 9.79. The predicted molar refractivity (Wildman–Crippen MR) is 74.4 cm³/mol. The lowest BCUT2D eigenvalue weighted by Crippen LogP contribution is -2.48. The number of methoxy groups -OCH3 is 1. The third-order valence-corrected chi connectivity index (χ3v) is 4.19. The average molecular weight is 255 g/mol. The molecule has 0 spiro atoms. The summed E-state index contributed by atoms with van der Waals surface area (Å²) in [5, 5.41) is 3.52. The number of nitrogens with one attached hydrogen (secondary N) is 1. The Labute approximate surface area is 112 Å². The lowest BCUT2D eigenvalue weighted by molar-refractivity contribution is -0.144. The molecule has 0 aromatic heterocycles. The minimum Gasteiger partial charge on any atom is -0.468 e. The van der Waals surface area contributed by atoms with Gasteiger partial charge in [-0.05, 0) is 30.6 Å². The quantitative estimate of drug-likeness (QED) is 0.768. The molecule has 0 aromatic carbocycles. The number of carbonyl (C=O) groups is 1. The van der Waals surface area contributed by atoms with E-state index in [1.54, 1.807) is 0 Å². The van der Waals surface area contributed by atoms with Crippen LogP contribution in [0.3, 0.4) is 0 Å². The smallest absolute Gasteiger partial charge is 0.323 e. The van der Waals surface area contributed by atoms with Crippen LogP contribution in [0.5, 0.6) is 0 Å². The third-order valence-electron chi connectivity index (χ3n) is 4.19. The molecule has 106 valence electrons. The van der Waals surface area contributed by atoms with Gasteiger partial charge in [0.15, 0.2) is 0 Å². The van der Waals surface area contributed by atoms with Gasteiger partial charge in [0.25, 0.3) is 0 Å². The fourth-order valence-electron chi connectivity index (χ4n) is 2.90. The molecule has 1 saturated carbocycles. The zero-order valence-corrected chi connectivity index (χ0v) is 12.5. The van der Waals surface area contributed by atoms with Gasteiger partial charge >= 0.3 is 5.97 Å². The van der Waals surface area contributed by atoms with Crippen LogP contribution in [-0.2, 0) is 9.53 Å². The van der Waals surface area contributed by atoms with Gasteiger partial charge in [-0.1, -0.05) is 40.5 Å². The first-order chi connectivity index (χ1) is 8.45. The Hall–Kier alpha value is -0.570. The van der Waals surface area contributed by atoms with Crippen LogP contribution in [0.15, 0.2) is 0 Å². The average Bonchev–Trinajstić information content (AvgIpc) is 2.35. The number of hydrogen-bond acceptors (Lipinski definition) is 3. The van der Waals surface area contributed by atoms with Gasteiger partial charge in [0.1, 0.15) is 6.04 Å². The van der Waals surface area contributed by atoms with Gasteiger partial charge in [-0.2, -0.15) is 0 Å². The molecule has 1 fully saturated rings. The molecule has 18 heavy (non-hydrogen) atoms. The summed E-state index contributed by atoms with van der Waals surface area (Å²) in [7, 11) is 1.47. The maximum Gasteiger partial charge on any atom is 0.323 e. The summed E-state index contributed by atoms with van der Waals surface area (Å²) in [6.45, 7) is 8.73. The maximum atomic E-state index is 11.8. The van der Waals surface area contributed by atoms with Crippen molar-refractivity contribution in [1.82, 2.24) is 5.32 Å². The highest BCUT2D eigenvalue weighted by Gasteiger charge is 2.29. The number of rotatable bonds is 5. The van der Waals surface area contributed by atoms with E-state index in [0.29, 0.717) is 6.04 Å². The molecule has 0 radical (unpaired) electrons. The van der Waals surface area contributed by atoms with Gasteiger partial charge in [-0.25, -0.2) is 0 Å². The molecule has 3 unspecified atom stereocenters. The predicted octanol–water partition coefficient (Wildman–Crippen LogP) is 2.99. The molecule has 0 amide bonds. The summed E-state index contributed by atoms with van der Waals surface area (Å²) >= 11 is 0. The minimum atomic E-state index is -0.161. The highest BCUT2D eigenvalue weighted by atomic mass is 16.5. The maximum absolute atomic E-state index is 11.8. The fraction of sp³-hybridized carbons (Fsp3) is 0.933. The van der Waals surface area contributed by atoms with Crippen molar-refractivity contribution >= 4 is 5.97 Å². The van der Waals surface area contributed by atoms with Gasteiger partial charge in [0.2, 0.25) is 0 Å². The second kappa shape index (κ2) is 7.13. The van der Waals surface area contributed by atoms with Crippen LogP contribution in [0.4, 0.5) is 0 Å². The number of ether oxygens (including phenoxy) is 1. The number of hydrogen-bond donors (Lipinski definition) is 1. The summed E-state index contributed by atoms with van der Waals surface area (Å²) in [6.07, 6.45) is 4.98. The molecular weight excluding hydrogens is 226 g/mol. The molecule has 3 heteroatoms. The Bertz CT molecular complexity index is 263. The van der Waals surface area contributed by atoms with Crippen molar-refractivity contribution in [3.63, 3.8) is 0 Å². The first-order valence-electron chi connectivity index (χ1n) is 7.29. The molecule has 1 aliphatic carbocycles. The largest absolute Gasteiger partial charge is 0.468 e.